The molecule has 0 radical (unpaired) electrons. The molecule has 108 valence electrons. The van der Waals surface area contributed by atoms with Gasteiger partial charge in [0, 0.05) is 13.0 Å². The van der Waals surface area contributed by atoms with Crippen LogP contribution in [-0.2, 0) is 19.2 Å². The molecule has 0 aliphatic rings. The number of hydrogen-bond donors (Lipinski definition) is 0. The number of ether oxygens (including phenoxy) is 1. The van der Waals surface area contributed by atoms with E-state index in [1.54, 1.807) is 6.08 Å². The first-order valence-corrected chi connectivity index (χ1v) is 6.13. The molecule has 0 aromatic heterocycles. The summed E-state index contributed by atoms with van der Waals surface area (Å²) in [6, 6.07) is 9.21. The highest BCUT2D eigenvalue weighted by Gasteiger charge is 2.37. The first-order chi connectivity index (χ1) is 9.56. The molecule has 0 fully saturated rings. The van der Waals surface area contributed by atoms with Gasteiger partial charge in [0.15, 0.2) is 0 Å². The summed E-state index contributed by atoms with van der Waals surface area (Å²) in [4.78, 5) is 29.1. The molecule has 2 unspecified atom stereocenters. The quantitative estimate of drug-likeness (QED) is 0.344. The van der Waals surface area contributed by atoms with E-state index in [4.69, 9.17) is 9.57 Å². The maximum atomic E-state index is 12.3. The van der Waals surface area contributed by atoms with Gasteiger partial charge in [-0.2, -0.15) is 0 Å². The van der Waals surface area contributed by atoms with Crippen molar-refractivity contribution in [1.82, 2.24) is 5.06 Å². The van der Waals surface area contributed by atoms with Crippen molar-refractivity contribution in [1.29, 1.82) is 0 Å². The number of nitrogens with zero attached hydrogens (tertiary/aromatic N) is 1. The topological polar surface area (TPSA) is 55.8 Å². The highest BCUT2D eigenvalue weighted by molar-refractivity contribution is 5.98. The molecule has 1 aromatic carbocycles. The molecule has 0 heterocycles. The number of esters is 1. The van der Waals surface area contributed by atoms with E-state index in [2.05, 4.69) is 6.58 Å². The van der Waals surface area contributed by atoms with E-state index in [-0.39, 0.29) is 0 Å². The first-order valence-electron chi connectivity index (χ1n) is 6.13. The zero-order valence-electron chi connectivity index (χ0n) is 11.9. The van der Waals surface area contributed by atoms with Crippen LogP contribution in [0.1, 0.15) is 11.5 Å². The van der Waals surface area contributed by atoms with Gasteiger partial charge in [-0.15, -0.1) is 6.58 Å². The van der Waals surface area contributed by atoms with Gasteiger partial charge in [-0.05, 0) is 5.56 Å². The largest absolute Gasteiger partial charge is 0.468 e. The number of carbonyl (C=O) groups is 2. The first kappa shape index (κ1) is 15.9. The van der Waals surface area contributed by atoms with E-state index in [1.165, 1.54) is 21.3 Å². The second kappa shape index (κ2) is 7.45. The van der Waals surface area contributed by atoms with Gasteiger partial charge in [0.1, 0.15) is 5.92 Å². The van der Waals surface area contributed by atoms with E-state index in [0.717, 1.165) is 10.6 Å². The summed E-state index contributed by atoms with van der Waals surface area (Å²) in [5.74, 6) is -2.60. The Morgan fingerprint density at radius 3 is 2.30 bits per heavy atom. The zero-order chi connectivity index (χ0) is 15.1. The number of benzene rings is 1. The van der Waals surface area contributed by atoms with Gasteiger partial charge in [0.05, 0.1) is 14.2 Å². The Labute approximate surface area is 118 Å². The molecule has 0 saturated carbocycles. The number of hydrogen-bond acceptors (Lipinski definition) is 4. The van der Waals surface area contributed by atoms with Gasteiger partial charge in [-0.1, -0.05) is 36.4 Å². The average molecular weight is 277 g/mol. The van der Waals surface area contributed by atoms with Crippen LogP contribution in [0, 0.1) is 5.92 Å². The van der Waals surface area contributed by atoms with Crippen molar-refractivity contribution in [2.24, 2.45) is 5.92 Å². The lowest BCUT2D eigenvalue weighted by Gasteiger charge is -2.25. The number of carbonyl (C=O) groups excluding carboxylic acids is 2. The van der Waals surface area contributed by atoms with Crippen LogP contribution in [0.3, 0.4) is 0 Å². The molecule has 0 aliphatic heterocycles. The summed E-state index contributed by atoms with van der Waals surface area (Å²) >= 11 is 0. The zero-order valence-corrected chi connectivity index (χ0v) is 11.9. The average Bonchev–Trinajstić information content (AvgIpc) is 2.51. The van der Waals surface area contributed by atoms with Crippen molar-refractivity contribution >= 4 is 11.9 Å². The van der Waals surface area contributed by atoms with Crippen molar-refractivity contribution in [3.63, 3.8) is 0 Å². The lowest BCUT2D eigenvalue weighted by atomic mass is 9.85. The second-order valence-corrected chi connectivity index (χ2v) is 4.19. The van der Waals surface area contributed by atoms with E-state index in [9.17, 15) is 9.59 Å². The van der Waals surface area contributed by atoms with Crippen LogP contribution in [-0.4, -0.2) is 38.2 Å². The van der Waals surface area contributed by atoms with Crippen molar-refractivity contribution < 1.29 is 19.2 Å². The number of methoxy groups -OCH3 is 1. The number of amides is 1. The van der Waals surface area contributed by atoms with Crippen LogP contribution in [0.5, 0.6) is 0 Å². The Morgan fingerprint density at radius 1 is 1.25 bits per heavy atom. The maximum Gasteiger partial charge on any atom is 0.319 e. The third-order valence-corrected chi connectivity index (χ3v) is 3.10. The molecule has 1 amide bonds. The van der Waals surface area contributed by atoms with Crippen LogP contribution in [0.4, 0.5) is 0 Å². The fourth-order valence-corrected chi connectivity index (χ4v) is 1.95. The van der Waals surface area contributed by atoms with E-state index >= 15 is 0 Å². The fraction of sp³-hybridized carbons (Fsp3) is 0.333. The van der Waals surface area contributed by atoms with Gasteiger partial charge < -0.3 is 4.74 Å². The molecule has 0 aliphatic carbocycles. The Hall–Kier alpha value is -2.14. The monoisotopic (exact) mass is 277 g/mol. The number of hydroxylamine groups is 2. The molecule has 0 N–H and O–H groups in total. The van der Waals surface area contributed by atoms with Crippen LogP contribution in [0.15, 0.2) is 43.0 Å². The third-order valence-electron chi connectivity index (χ3n) is 3.10. The van der Waals surface area contributed by atoms with Gasteiger partial charge >= 0.3 is 5.97 Å². The molecule has 20 heavy (non-hydrogen) atoms. The third kappa shape index (κ3) is 3.45. The van der Waals surface area contributed by atoms with Crippen molar-refractivity contribution in [2.75, 3.05) is 21.3 Å². The lowest BCUT2D eigenvalue weighted by Crippen LogP contribution is -2.39. The molecule has 2 atom stereocenters. The molecule has 1 rings (SSSR count). The molecule has 5 nitrogen and oxygen atoms in total. The van der Waals surface area contributed by atoms with Gasteiger partial charge in [-0.25, -0.2) is 5.06 Å². The number of rotatable bonds is 6. The predicted octanol–water partition coefficient (Wildman–Crippen LogP) is 1.77. The normalized spacial score (nSPS) is 13.2. The van der Waals surface area contributed by atoms with E-state index < -0.39 is 23.7 Å². The van der Waals surface area contributed by atoms with Crippen LogP contribution in [0.25, 0.3) is 0 Å². The van der Waals surface area contributed by atoms with Crippen molar-refractivity contribution in [3.8, 4) is 0 Å². The van der Waals surface area contributed by atoms with Crippen molar-refractivity contribution in [3.05, 3.63) is 48.6 Å². The number of allylic oxidation sites excluding steroid dienone is 1. The summed E-state index contributed by atoms with van der Waals surface area (Å²) in [7, 11) is 4.06. The summed E-state index contributed by atoms with van der Waals surface area (Å²) in [5, 5.41) is 1.01. The minimum absolute atomic E-state index is 0.478. The Kier molecular flexibility index (Phi) is 5.93. The maximum absolute atomic E-state index is 12.3. The molecule has 0 spiro atoms. The summed E-state index contributed by atoms with van der Waals surface area (Å²) in [6.07, 6.45) is 1.57. The predicted molar refractivity (Wildman–Crippen MR) is 74.7 cm³/mol. The van der Waals surface area contributed by atoms with E-state index in [1.807, 2.05) is 30.3 Å². The van der Waals surface area contributed by atoms with Gasteiger partial charge in [0.2, 0.25) is 0 Å². The smallest absolute Gasteiger partial charge is 0.319 e. The van der Waals surface area contributed by atoms with E-state index in [0.29, 0.717) is 0 Å². The highest BCUT2D eigenvalue weighted by Crippen LogP contribution is 2.28. The Morgan fingerprint density at radius 2 is 1.85 bits per heavy atom. The van der Waals surface area contributed by atoms with Crippen LogP contribution >= 0.6 is 0 Å². The van der Waals surface area contributed by atoms with Crippen molar-refractivity contribution in [2.45, 2.75) is 5.92 Å². The minimum atomic E-state index is -1.02. The summed E-state index contributed by atoms with van der Waals surface area (Å²) < 4.78 is 4.74. The summed E-state index contributed by atoms with van der Waals surface area (Å²) in [6.45, 7) is 3.72. The minimum Gasteiger partial charge on any atom is -0.468 e. The molecule has 1 aromatic rings. The molecule has 0 saturated heterocycles. The van der Waals surface area contributed by atoms with Gasteiger partial charge in [0.25, 0.3) is 5.91 Å². The standard InChI is InChI=1S/C15H19NO4/c1-5-12(11-9-7-6-8-10-11)13(15(18)19-3)14(17)16(2)20-4/h5-10,12-13H,1H2,2-4H3. The Bertz CT molecular complexity index is 472. The summed E-state index contributed by atoms with van der Waals surface area (Å²) in [5.41, 5.74) is 0.816. The van der Waals surface area contributed by atoms with Gasteiger partial charge in [-0.3, -0.25) is 14.4 Å². The molecule has 0 bridgehead atoms. The Balaban J connectivity index is 3.18. The lowest BCUT2D eigenvalue weighted by molar-refractivity contribution is -0.179. The molecular weight excluding hydrogens is 258 g/mol. The second-order valence-electron chi connectivity index (χ2n) is 4.19. The molecule has 5 heteroatoms. The highest BCUT2D eigenvalue weighted by atomic mass is 16.7. The van der Waals surface area contributed by atoms with Crippen LogP contribution in [0.2, 0.25) is 0 Å². The van der Waals surface area contributed by atoms with Crippen LogP contribution < -0.4 is 0 Å². The molecular formula is C15H19NO4. The fourth-order valence-electron chi connectivity index (χ4n) is 1.95. The SMILES string of the molecule is C=CC(c1ccccc1)C(C(=O)OC)C(=O)N(C)OC.